The highest BCUT2D eigenvalue weighted by molar-refractivity contribution is 5.83. The summed E-state index contributed by atoms with van der Waals surface area (Å²) in [5, 5.41) is 2.23. The fraction of sp³-hybridized carbons (Fsp3) is 0.333. The van der Waals surface area contributed by atoms with E-state index in [1.165, 1.54) is 0 Å². The fourth-order valence-electron chi connectivity index (χ4n) is 2.51. The molecule has 2 aromatic rings. The molecule has 0 spiro atoms. The number of rotatable bonds is 3. The van der Waals surface area contributed by atoms with E-state index < -0.39 is 5.67 Å². The third-order valence-corrected chi connectivity index (χ3v) is 3.75. The van der Waals surface area contributed by atoms with Crippen LogP contribution in [-0.2, 0) is 5.67 Å². The van der Waals surface area contributed by atoms with Crippen LogP contribution in [0.3, 0.4) is 0 Å². The topological polar surface area (TPSA) is 26.0 Å². The van der Waals surface area contributed by atoms with Crippen molar-refractivity contribution < 1.29 is 4.39 Å². The Labute approximate surface area is 100 Å². The molecule has 3 rings (SSSR count). The van der Waals surface area contributed by atoms with Crippen molar-refractivity contribution in [2.75, 3.05) is 6.54 Å². The van der Waals surface area contributed by atoms with Crippen LogP contribution in [0.1, 0.15) is 18.4 Å². The third-order valence-electron chi connectivity index (χ3n) is 3.75. The van der Waals surface area contributed by atoms with Gasteiger partial charge in [0.05, 0.1) is 0 Å². The summed E-state index contributed by atoms with van der Waals surface area (Å²) < 4.78 is 14.8. The lowest BCUT2D eigenvalue weighted by Crippen LogP contribution is -2.32. The lowest BCUT2D eigenvalue weighted by Gasteiger charge is -2.24. The molecule has 0 aliphatic heterocycles. The standard InChI is InChI=1S/C15H16FN/c16-15(10-17,13-7-8-13)14-6-5-11-3-1-2-4-12(11)9-14/h1-6,9,13H,7-8,10,17H2. The van der Waals surface area contributed by atoms with Gasteiger partial charge in [-0.05, 0) is 41.2 Å². The first-order chi connectivity index (χ1) is 8.24. The first kappa shape index (κ1) is 10.7. The van der Waals surface area contributed by atoms with Crippen molar-refractivity contribution in [3.8, 4) is 0 Å². The summed E-state index contributed by atoms with van der Waals surface area (Å²) in [6, 6.07) is 13.8. The average molecular weight is 229 g/mol. The summed E-state index contributed by atoms with van der Waals surface area (Å²) in [7, 11) is 0. The van der Waals surface area contributed by atoms with Gasteiger partial charge in [-0.3, -0.25) is 0 Å². The van der Waals surface area contributed by atoms with Gasteiger partial charge in [0, 0.05) is 6.54 Å². The molecule has 2 heteroatoms. The van der Waals surface area contributed by atoms with Gasteiger partial charge in [-0.15, -0.1) is 0 Å². The highest BCUT2D eigenvalue weighted by Gasteiger charge is 2.46. The van der Waals surface area contributed by atoms with E-state index in [0.29, 0.717) is 0 Å². The number of fused-ring (bicyclic) bond motifs is 1. The van der Waals surface area contributed by atoms with Crippen LogP contribution in [-0.4, -0.2) is 6.54 Å². The lowest BCUT2D eigenvalue weighted by atomic mass is 9.89. The summed E-state index contributed by atoms with van der Waals surface area (Å²) in [5.74, 6) is 0.119. The molecule has 0 saturated heterocycles. The maximum atomic E-state index is 14.8. The van der Waals surface area contributed by atoms with Gasteiger partial charge < -0.3 is 5.73 Å². The summed E-state index contributed by atoms with van der Waals surface area (Å²) in [4.78, 5) is 0. The maximum absolute atomic E-state index is 14.8. The molecular formula is C15H16FN. The van der Waals surface area contributed by atoms with E-state index in [1.807, 2.05) is 42.5 Å². The molecule has 0 aromatic heterocycles. The van der Waals surface area contributed by atoms with Crippen LogP contribution in [0.25, 0.3) is 10.8 Å². The van der Waals surface area contributed by atoms with Gasteiger partial charge in [-0.2, -0.15) is 0 Å². The van der Waals surface area contributed by atoms with Crippen LogP contribution in [0.5, 0.6) is 0 Å². The molecule has 2 aromatic carbocycles. The van der Waals surface area contributed by atoms with Gasteiger partial charge in [0.1, 0.15) is 0 Å². The molecule has 0 bridgehead atoms. The van der Waals surface area contributed by atoms with Crippen molar-refractivity contribution in [3.63, 3.8) is 0 Å². The molecule has 0 radical (unpaired) electrons. The fourth-order valence-corrected chi connectivity index (χ4v) is 2.51. The predicted octanol–water partition coefficient (Wildman–Crippen LogP) is 3.37. The largest absolute Gasteiger partial charge is 0.327 e. The summed E-state index contributed by atoms with van der Waals surface area (Å²) in [6.45, 7) is 0.0794. The minimum absolute atomic E-state index is 0.0794. The van der Waals surface area contributed by atoms with Crippen molar-refractivity contribution >= 4 is 10.8 Å². The quantitative estimate of drug-likeness (QED) is 0.858. The Morgan fingerprint density at radius 3 is 2.47 bits per heavy atom. The van der Waals surface area contributed by atoms with Crippen LogP contribution in [0.15, 0.2) is 42.5 Å². The van der Waals surface area contributed by atoms with Crippen molar-refractivity contribution in [1.82, 2.24) is 0 Å². The Balaban J connectivity index is 2.10. The van der Waals surface area contributed by atoms with E-state index in [-0.39, 0.29) is 12.5 Å². The lowest BCUT2D eigenvalue weighted by molar-refractivity contribution is 0.143. The maximum Gasteiger partial charge on any atom is 0.150 e. The predicted molar refractivity (Wildman–Crippen MR) is 68.5 cm³/mol. The third kappa shape index (κ3) is 1.73. The number of nitrogens with two attached hydrogens (primary N) is 1. The Hall–Kier alpha value is -1.41. The molecule has 0 amide bonds. The molecule has 1 aliphatic carbocycles. The second-order valence-electron chi connectivity index (χ2n) is 4.90. The van der Waals surface area contributed by atoms with Gasteiger partial charge in [0.15, 0.2) is 5.67 Å². The number of benzene rings is 2. The minimum atomic E-state index is -1.33. The summed E-state index contributed by atoms with van der Waals surface area (Å²) in [6.07, 6.45) is 1.92. The zero-order chi connectivity index (χ0) is 11.9. The molecule has 1 unspecified atom stereocenters. The van der Waals surface area contributed by atoms with Gasteiger partial charge >= 0.3 is 0 Å². The number of hydrogen-bond acceptors (Lipinski definition) is 1. The molecule has 0 heterocycles. The molecule has 2 N–H and O–H groups in total. The molecule has 1 nitrogen and oxygen atoms in total. The average Bonchev–Trinajstić information content (AvgIpc) is 3.22. The van der Waals surface area contributed by atoms with E-state index in [4.69, 9.17) is 5.73 Å². The van der Waals surface area contributed by atoms with E-state index in [0.717, 1.165) is 29.2 Å². The SMILES string of the molecule is NCC(F)(c1ccc2ccccc2c1)C1CC1. The zero-order valence-electron chi connectivity index (χ0n) is 9.70. The molecule has 1 saturated carbocycles. The second-order valence-corrected chi connectivity index (χ2v) is 4.90. The Bertz CT molecular complexity index is 547. The van der Waals surface area contributed by atoms with E-state index in [9.17, 15) is 4.39 Å². The summed E-state index contributed by atoms with van der Waals surface area (Å²) in [5.41, 5.74) is 5.06. The minimum Gasteiger partial charge on any atom is -0.327 e. The molecule has 88 valence electrons. The van der Waals surface area contributed by atoms with Crippen molar-refractivity contribution in [1.29, 1.82) is 0 Å². The second kappa shape index (κ2) is 3.81. The molecule has 1 aliphatic rings. The Morgan fingerprint density at radius 2 is 1.82 bits per heavy atom. The molecule has 17 heavy (non-hydrogen) atoms. The van der Waals surface area contributed by atoms with Gasteiger partial charge in [0.25, 0.3) is 0 Å². The van der Waals surface area contributed by atoms with E-state index in [2.05, 4.69) is 0 Å². The highest BCUT2D eigenvalue weighted by atomic mass is 19.1. The van der Waals surface area contributed by atoms with Crippen LogP contribution < -0.4 is 5.73 Å². The van der Waals surface area contributed by atoms with Gasteiger partial charge in [0.2, 0.25) is 0 Å². The van der Waals surface area contributed by atoms with Crippen molar-refractivity contribution in [2.45, 2.75) is 18.5 Å². The Kier molecular flexibility index (Phi) is 2.40. The number of halogens is 1. The monoisotopic (exact) mass is 229 g/mol. The van der Waals surface area contributed by atoms with Gasteiger partial charge in [-0.1, -0.05) is 36.4 Å². The smallest absolute Gasteiger partial charge is 0.150 e. The van der Waals surface area contributed by atoms with Crippen LogP contribution in [0, 0.1) is 5.92 Å². The first-order valence-electron chi connectivity index (χ1n) is 6.12. The van der Waals surface area contributed by atoms with Crippen molar-refractivity contribution in [3.05, 3.63) is 48.0 Å². The van der Waals surface area contributed by atoms with Crippen molar-refractivity contribution in [2.24, 2.45) is 11.7 Å². The molecule has 1 fully saturated rings. The number of hydrogen-bond donors (Lipinski definition) is 1. The zero-order valence-corrected chi connectivity index (χ0v) is 9.70. The van der Waals surface area contributed by atoms with E-state index in [1.54, 1.807) is 0 Å². The first-order valence-corrected chi connectivity index (χ1v) is 6.12. The highest BCUT2D eigenvalue weighted by Crippen LogP contribution is 2.48. The van der Waals surface area contributed by atoms with Crippen LogP contribution >= 0.6 is 0 Å². The molecule has 1 atom stereocenters. The van der Waals surface area contributed by atoms with Crippen LogP contribution in [0.4, 0.5) is 4.39 Å². The Morgan fingerprint density at radius 1 is 1.12 bits per heavy atom. The number of alkyl halides is 1. The summed E-state index contributed by atoms with van der Waals surface area (Å²) >= 11 is 0. The normalized spacial score (nSPS) is 19.2. The van der Waals surface area contributed by atoms with Gasteiger partial charge in [-0.25, -0.2) is 4.39 Å². The van der Waals surface area contributed by atoms with E-state index >= 15 is 0 Å². The molecular weight excluding hydrogens is 213 g/mol. The van der Waals surface area contributed by atoms with Crippen LogP contribution in [0.2, 0.25) is 0 Å².